The topological polar surface area (TPSA) is 50.8 Å². The number of nitrogens with zero attached hydrogens (tertiary/aromatic N) is 1. The highest BCUT2D eigenvalue weighted by molar-refractivity contribution is 6.32. The molecule has 5 nitrogen and oxygen atoms in total. The molecule has 1 amide bonds. The summed E-state index contributed by atoms with van der Waals surface area (Å²) in [6, 6.07) is 16.8. The smallest absolute Gasteiger partial charge is 0.420 e. The van der Waals surface area contributed by atoms with Gasteiger partial charge >= 0.3 is 6.18 Å². The molecule has 1 saturated heterocycles. The molecule has 35 heavy (non-hydrogen) atoms. The number of benzene rings is 3. The van der Waals surface area contributed by atoms with Crippen LogP contribution in [0.25, 0.3) is 0 Å². The van der Waals surface area contributed by atoms with Gasteiger partial charge in [0.25, 0.3) is 0 Å². The van der Waals surface area contributed by atoms with E-state index in [-0.39, 0.29) is 28.4 Å². The molecule has 4 rings (SSSR count). The van der Waals surface area contributed by atoms with Crippen LogP contribution in [0.2, 0.25) is 5.02 Å². The van der Waals surface area contributed by atoms with E-state index >= 15 is 0 Å². The number of nitrogens with one attached hydrogen (secondary N) is 1. The van der Waals surface area contributed by atoms with Gasteiger partial charge in [0, 0.05) is 37.8 Å². The van der Waals surface area contributed by atoms with Crippen LogP contribution in [0.15, 0.2) is 60.7 Å². The standard InChI is InChI=1S/C26H24ClF3N2O3/c1-17(33)31-23-16-22(27)25(35-20-8-3-2-4-9-20)24(26(28,29)30)21(23)15-18-6-5-7-19(14-18)32-10-12-34-13-11-32/h2-9,14,16H,10-13,15H2,1H3,(H,31,33). The van der Waals surface area contributed by atoms with E-state index < -0.39 is 23.4 Å². The average Bonchev–Trinajstić information content (AvgIpc) is 2.82. The van der Waals surface area contributed by atoms with Gasteiger partial charge in [-0.1, -0.05) is 41.9 Å². The lowest BCUT2D eigenvalue weighted by atomic mass is 9.95. The van der Waals surface area contributed by atoms with Crippen molar-refractivity contribution in [2.24, 2.45) is 0 Å². The summed E-state index contributed by atoms with van der Waals surface area (Å²) in [5, 5.41) is 2.26. The minimum atomic E-state index is -4.79. The quantitative estimate of drug-likeness (QED) is 0.414. The van der Waals surface area contributed by atoms with Crippen molar-refractivity contribution in [1.29, 1.82) is 0 Å². The summed E-state index contributed by atoms with van der Waals surface area (Å²) in [6.45, 7) is 3.81. The van der Waals surface area contributed by atoms with E-state index in [4.69, 9.17) is 21.1 Å². The van der Waals surface area contributed by atoms with Gasteiger partial charge in [0.05, 0.1) is 18.2 Å². The van der Waals surface area contributed by atoms with Crippen LogP contribution in [0.1, 0.15) is 23.6 Å². The normalized spacial score (nSPS) is 14.0. The van der Waals surface area contributed by atoms with Gasteiger partial charge in [-0.25, -0.2) is 0 Å². The van der Waals surface area contributed by atoms with Crippen molar-refractivity contribution in [2.75, 3.05) is 36.5 Å². The van der Waals surface area contributed by atoms with Gasteiger partial charge in [0.1, 0.15) is 11.3 Å². The summed E-state index contributed by atoms with van der Waals surface area (Å²) in [6.07, 6.45) is -4.88. The number of rotatable bonds is 6. The van der Waals surface area contributed by atoms with Crippen LogP contribution in [0.3, 0.4) is 0 Å². The Morgan fingerprint density at radius 3 is 2.46 bits per heavy atom. The number of alkyl halides is 3. The van der Waals surface area contributed by atoms with E-state index in [1.54, 1.807) is 36.4 Å². The van der Waals surface area contributed by atoms with Crippen LogP contribution in [-0.4, -0.2) is 32.2 Å². The lowest BCUT2D eigenvalue weighted by Crippen LogP contribution is -2.36. The molecule has 0 radical (unpaired) electrons. The van der Waals surface area contributed by atoms with Crippen LogP contribution < -0.4 is 15.0 Å². The number of para-hydroxylation sites is 1. The Morgan fingerprint density at radius 1 is 1.09 bits per heavy atom. The third kappa shape index (κ3) is 6.07. The number of morpholine rings is 1. The Morgan fingerprint density at radius 2 is 1.80 bits per heavy atom. The third-order valence-electron chi connectivity index (χ3n) is 5.57. The van der Waals surface area contributed by atoms with Crippen molar-refractivity contribution in [3.05, 3.63) is 82.4 Å². The predicted molar refractivity (Wildman–Crippen MR) is 130 cm³/mol. The Labute approximate surface area is 206 Å². The highest BCUT2D eigenvalue weighted by atomic mass is 35.5. The van der Waals surface area contributed by atoms with Gasteiger partial charge in [-0.2, -0.15) is 13.2 Å². The largest absolute Gasteiger partial charge is 0.455 e. The maximum Gasteiger partial charge on any atom is 0.420 e. The second kappa shape index (κ2) is 10.6. The molecule has 0 saturated carbocycles. The molecule has 1 heterocycles. The zero-order valence-corrected chi connectivity index (χ0v) is 19.7. The first-order valence-corrected chi connectivity index (χ1v) is 11.4. The molecule has 3 aromatic rings. The molecule has 0 bridgehead atoms. The monoisotopic (exact) mass is 504 g/mol. The van der Waals surface area contributed by atoms with E-state index in [2.05, 4.69) is 10.2 Å². The Balaban J connectivity index is 1.82. The Kier molecular flexibility index (Phi) is 7.52. The fourth-order valence-electron chi connectivity index (χ4n) is 4.05. The van der Waals surface area contributed by atoms with E-state index in [1.165, 1.54) is 13.0 Å². The van der Waals surface area contributed by atoms with Crippen LogP contribution >= 0.6 is 11.6 Å². The number of ether oxygens (including phenoxy) is 2. The van der Waals surface area contributed by atoms with Crippen molar-refractivity contribution in [1.82, 2.24) is 0 Å². The van der Waals surface area contributed by atoms with Crippen LogP contribution in [0, 0.1) is 0 Å². The first-order valence-electron chi connectivity index (χ1n) is 11.1. The van der Waals surface area contributed by atoms with Gasteiger partial charge in [-0.3, -0.25) is 4.79 Å². The molecule has 0 unspecified atom stereocenters. The zero-order chi connectivity index (χ0) is 25.0. The van der Waals surface area contributed by atoms with Gasteiger partial charge < -0.3 is 19.7 Å². The molecular formula is C26H24ClF3N2O3. The first-order chi connectivity index (χ1) is 16.7. The molecular weight excluding hydrogens is 481 g/mol. The van der Waals surface area contributed by atoms with Crippen LogP contribution in [0.4, 0.5) is 24.5 Å². The predicted octanol–water partition coefficient (Wildman–Crippen LogP) is 6.54. The summed E-state index contributed by atoms with van der Waals surface area (Å²) < 4.78 is 54.6. The molecule has 184 valence electrons. The summed E-state index contributed by atoms with van der Waals surface area (Å²) in [7, 11) is 0. The molecule has 0 aromatic heterocycles. The number of amides is 1. The van der Waals surface area contributed by atoms with Gasteiger partial charge in [-0.15, -0.1) is 0 Å². The van der Waals surface area contributed by atoms with E-state index in [9.17, 15) is 18.0 Å². The lowest BCUT2D eigenvalue weighted by Gasteiger charge is -2.29. The van der Waals surface area contributed by atoms with Crippen LogP contribution in [0.5, 0.6) is 11.5 Å². The molecule has 0 spiro atoms. The van der Waals surface area contributed by atoms with Crippen molar-refractivity contribution < 1.29 is 27.4 Å². The number of anilines is 2. The Bertz CT molecular complexity index is 1200. The van der Waals surface area contributed by atoms with Crippen LogP contribution in [-0.2, 0) is 22.1 Å². The number of carbonyl (C=O) groups is 1. The maximum atomic E-state index is 14.5. The fourth-order valence-corrected chi connectivity index (χ4v) is 4.29. The van der Waals surface area contributed by atoms with Gasteiger partial charge in [0.2, 0.25) is 5.91 Å². The highest BCUT2D eigenvalue weighted by Gasteiger charge is 2.40. The maximum absolute atomic E-state index is 14.5. The SMILES string of the molecule is CC(=O)Nc1cc(Cl)c(Oc2ccccc2)c(C(F)(F)F)c1Cc1cccc(N2CCOCC2)c1. The van der Waals surface area contributed by atoms with Crippen molar-refractivity contribution in [3.8, 4) is 11.5 Å². The van der Waals surface area contributed by atoms with Crippen molar-refractivity contribution in [2.45, 2.75) is 19.5 Å². The summed E-state index contributed by atoms with van der Waals surface area (Å²) in [5.41, 5.74) is 0.401. The van der Waals surface area contributed by atoms with E-state index in [0.29, 0.717) is 31.9 Å². The molecule has 1 aliphatic rings. The highest BCUT2D eigenvalue weighted by Crippen LogP contribution is 2.48. The molecule has 9 heteroatoms. The fraction of sp³-hybridized carbons (Fsp3) is 0.269. The molecule has 0 atom stereocenters. The summed E-state index contributed by atoms with van der Waals surface area (Å²) in [4.78, 5) is 14.0. The molecule has 1 fully saturated rings. The van der Waals surface area contributed by atoms with E-state index in [1.807, 2.05) is 18.2 Å². The lowest BCUT2D eigenvalue weighted by molar-refractivity contribution is -0.139. The number of halogens is 4. The van der Waals surface area contributed by atoms with Crippen molar-refractivity contribution >= 4 is 28.9 Å². The Hall–Kier alpha value is -3.23. The average molecular weight is 505 g/mol. The zero-order valence-electron chi connectivity index (χ0n) is 19.0. The van der Waals surface area contributed by atoms with Gasteiger partial charge in [0.15, 0.2) is 5.75 Å². The minimum Gasteiger partial charge on any atom is -0.455 e. The third-order valence-corrected chi connectivity index (χ3v) is 5.85. The number of hydrogen-bond acceptors (Lipinski definition) is 4. The molecule has 1 aliphatic heterocycles. The van der Waals surface area contributed by atoms with E-state index in [0.717, 1.165) is 5.69 Å². The molecule has 3 aromatic carbocycles. The summed E-state index contributed by atoms with van der Waals surface area (Å²) >= 11 is 6.28. The van der Waals surface area contributed by atoms with Gasteiger partial charge in [-0.05, 0) is 41.5 Å². The first kappa shape index (κ1) is 24.9. The second-order valence-electron chi connectivity index (χ2n) is 8.13. The minimum absolute atomic E-state index is 0.00740. The number of carbonyl (C=O) groups excluding carboxylic acids is 1. The number of hydrogen-bond donors (Lipinski definition) is 1. The summed E-state index contributed by atoms with van der Waals surface area (Å²) in [5.74, 6) is -0.791. The van der Waals surface area contributed by atoms with Crippen molar-refractivity contribution in [3.63, 3.8) is 0 Å². The molecule has 0 aliphatic carbocycles. The molecule has 1 N–H and O–H groups in total. The second-order valence-corrected chi connectivity index (χ2v) is 8.54.